The van der Waals surface area contributed by atoms with E-state index in [-0.39, 0.29) is 60.2 Å². The summed E-state index contributed by atoms with van der Waals surface area (Å²) in [4.78, 5) is 68.3. The molecule has 1 amide bonds. The van der Waals surface area contributed by atoms with Crippen molar-refractivity contribution >= 4 is 65.9 Å². The first-order valence-corrected chi connectivity index (χ1v) is 38.9. The van der Waals surface area contributed by atoms with Crippen LogP contribution in [0.5, 0.6) is 0 Å². The second-order valence-corrected chi connectivity index (χ2v) is 26.9. The molecule has 16 heteroatoms. The lowest BCUT2D eigenvalue weighted by Gasteiger charge is -2.23. The molecule has 0 aromatic heterocycles. The number of carbonyl (C=O) groups is 5. The number of rotatable bonds is 63. The Morgan fingerprint density at radius 3 is 1.30 bits per heavy atom. The molecule has 0 atom stereocenters. The number of thioether (sulfide) groups is 1. The summed E-state index contributed by atoms with van der Waals surface area (Å²) in [5.41, 5.74) is 0. The van der Waals surface area contributed by atoms with Gasteiger partial charge < -0.3 is 39.0 Å². The highest BCUT2D eigenvalue weighted by molar-refractivity contribution is 8.13. The summed E-state index contributed by atoms with van der Waals surface area (Å²) in [5, 5.41) is 3.36. The van der Waals surface area contributed by atoms with E-state index in [1.807, 2.05) is 40.3 Å². The van der Waals surface area contributed by atoms with Crippen LogP contribution in [-0.4, -0.2) is 142 Å². The number of allylic oxidation sites excluding steroid dienone is 2. The minimum atomic E-state index is -0.206. The number of thiol groups is 1. The van der Waals surface area contributed by atoms with E-state index in [0.717, 1.165) is 135 Å². The van der Waals surface area contributed by atoms with Crippen molar-refractivity contribution in [2.75, 3.05) is 85.6 Å². The molecule has 0 aliphatic rings. The van der Waals surface area contributed by atoms with Crippen LogP contribution in [-0.2, 0) is 38.1 Å². The molecular weight excluding hydrogens is 1200 g/mol. The van der Waals surface area contributed by atoms with E-state index in [1.165, 1.54) is 172 Å². The van der Waals surface area contributed by atoms with Crippen molar-refractivity contribution in [3.63, 3.8) is 0 Å². The number of carbonyl (C=O) groups excluding carboxylic acids is 5. The maximum Gasteiger partial charge on any atom is 0.310 e. The van der Waals surface area contributed by atoms with Crippen LogP contribution in [0, 0.1) is 0 Å². The van der Waals surface area contributed by atoms with Gasteiger partial charge in [0.25, 0.3) is 5.24 Å². The summed E-state index contributed by atoms with van der Waals surface area (Å²) < 4.78 is 22.4. The minimum absolute atomic E-state index is 0. The van der Waals surface area contributed by atoms with Crippen molar-refractivity contribution in [3.8, 4) is 0 Å². The summed E-state index contributed by atoms with van der Waals surface area (Å²) in [7, 11) is 8.07. The Bertz CT molecular complexity index is 1600. The Labute approximate surface area is 578 Å². The number of halogens is 1. The van der Waals surface area contributed by atoms with Crippen LogP contribution in [0.1, 0.15) is 330 Å². The van der Waals surface area contributed by atoms with Gasteiger partial charge in [-0.15, -0.1) is 12.4 Å². The smallest absolute Gasteiger partial charge is 0.310 e. The second-order valence-electron chi connectivity index (χ2n) is 25.4. The summed E-state index contributed by atoms with van der Waals surface area (Å²) in [5.74, 6) is 1.09. The molecule has 0 spiro atoms. The van der Waals surface area contributed by atoms with Crippen molar-refractivity contribution < 1.29 is 42.9 Å². The van der Waals surface area contributed by atoms with Gasteiger partial charge in [0.2, 0.25) is 0 Å². The Hall–Kier alpha value is -2.30. The summed E-state index contributed by atoms with van der Waals surface area (Å²) >= 11 is 5.33. The van der Waals surface area contributed by atoms with E-state index < -0.39 is 0 Å². The standard InChI is InChI=1S/C38H72N2O5S.C33H63NO4.C4H11NS.ClH/c1-6-9-12-15-16-19-25-33-44-36(41)28-23-20-24-30-40(38(43)46-34-32-39(4)5)31-29-37(42)45-35(26-21-17-13-10-7-2)27-22-18-14-11-8-3;1-4-7-10-13-14-17-23-30-37-32(35)26-21-18-22-28-34-29-27-33(36)38-31(24-19-15-11-8-5-2)25-20-16-12-9-6-3;1-5(2)3-4-6;/h25,33,35H,6-24,26-32,34H2,1-5H3;17,23,31,34H,4-16,18-22,24-30H2,1-3H3;6H,3-4H2,1-2H3;1H/b33-25-;23-17-;;. The van der Waals surface area contributed by atoms with Gasteiger partial charge in [0.1, 0.15) is 18.8 Å². The van der Waals surface area contributed by atoms with Gasteiger partial charge in [-0.3, -0.25) is 24.0 Å². The molecule has 0 bridgehead atoms. The second kappa shape index (κ2) is 78.4. The topological polar surface area (TPSA) is 144 Å². The molecule has 0 aromatic rings. The monoisotopic (exact) mass is 1350 g/mol. The van der Waals surface area contributed by atoms with Gasteiger partial charge in [0.15, 0.2) is 0 Å². The Balaban J connectivity index is -0.000000764. The van der Waals surface area contributed by atoms with Gasteiger partial charge in [-0.05, 0) is 144 Å². The normalized spacial score (nSPS) is 11.3. The van der Waals surface area contributed by atoms with Crippen LogP contribution in [0.25, 0.3) is 0 Å². The molecule has 0 rings (SSSR count). The van der Waals surface area contributed by atoms with Crippen LogP contribution in [0.15, 0.2) is 24.5 Å². The van der Waals surface area contributed by atoms with E-state index in [2.05, 4.69) is 75.4 Å². The molecule has 0 unspecified atom stereocenters. The zero-order valence-electron chi connectivity index (χ0n) is 60.9. The molecule has 0 heterocycles. The van der Waals surface area contributed by atoms with Crippen molar-refractivity contribution in [2.45, 2.75) is 343 Å². The third-order valence-electron chi connectivity index (χ3n) is 15.8. The first kappa shape index (κ1) is 95.1. The highest BCUT2D eigenvalue weighted by atomic mass is 35.5. The predicted octanol–water partition coefficient (Wildman–Crippen LogP) is 20.8. The zero-order chi connectivity index (χ0) is 67.0. The van der Waals surface area contributed by atoms with Crippen LogP contribution in [0.3, 0.4) is 0 Å². The average molecular weight is 1350 g/mol. The van der Waals surface area contributed by atoms with Crippen molar-refractivity contribution in [2.24, 2.45) is 0 Å². The van der Waals surface area contributed by atoms with Gasteiger partial charge in [0, 0.05) is 57.1 Å². The number of nitrogens with one attached hydrogen (secondary N) is 1. The maximum absolute atomic E-state index is 13.1. The lowest BCUT2D eigenvalue weighted by Crippen LogP contribution is -2.32. The van der Waals surface area contributed by atoms with E-state index >= 15 is 0 Å². The van der Waals surface area contributed by atoms with E-state index in [1.54, 1.807) is 4.90 Å². The zero-order valence-corrected chi connectivity index (χ0v) is 63.5. The quantitative estimate of drug-likeness (QED) is 0.0149. The number of amides is 1. The molecule has 1 N–H and O–H groups in total. The van der Waals surface area contributed by atoms with Gasteiger partial charge in [-0.1, -0.05) is 226 Å². The molecular formula is C75H147ClN4O9S2. The van der Waals surface area contributed by atoms with Gasteiger partial charge in [-0.2, -0.15) is 12.6 Å². The number of unbranched alkanes of at least 4 members (excludes halogenated alkanes) is 29. The number of ether oxygens (including phenoxy) is 4. The SMILES string of the molecule is CCCCCC/C=C\COC(=O)CCCCCNCCC(=O)OC(CCCCCCC)CCCCCCC.CCCCCCC/C=C\OC(=O)CCCCCN(CCC(=O)OC(CCCCCCC)CCCCCCC)C(=O)SCCN(C)C.CN(C)CCS.Cl. The molecule has 0 radical (unpaired) electrons. The number of esters is 4. The van der Waals surface area contributed by atoms with Crippen LogP contribution < -0.4 is 5.32 Å². The van der Waals surface area contributed by atoms with E-state index in [9.17, 15) is 24.0 Å². The predicted molar refractivity (Wildman–Crippen MR) is 397 cm³/mol. The Morgan fingerprint density at radius 2 is 0.835 bits per heavy atom. The fourth-order valence-corrected chi connectivity index (χ4v) is 11.4. The number of nitrogens with zero attached hydrogens (tertiary/aromatic N) is 3. The van der Waals surface area contributed by atoms with Crippen molar-refractivity contribution in [1.29, 1.82) is 0 Å². The van der Waals surface area contributed by atoms with E-state index in [0.29, 0.717) is 51.3 Å². The average Bonchev–Trinajstić information content (AvgIpc) is 3.34. The van der Waals surface area contributed by atoms with E-state index in [4.69, 9.17) is 18.9 Å². The van der Waals surface area contributed by atoms with Gasteiger partial charge in [-0.25, -0.2) is 0 Å². The van der Waals surface area contributed by atoms with Gasteiger partial charge in [0.05, 0.1) is 19.1 Å². The molecule has 91 heavy (non-hydrogen) atoms. The first-order chi connectivity index (χ1) is 43.7. The largest absolute Gasteiger partial charge is 0.462 e. The minimum Gasteiger partial charge on any atom is -0.462 e. The van der Waals surface area contributed by atoms with Crippen LogP contribution >= 0.6 is 36.8 Å². The molecule has 0 saturated heterocycles. The number of hydrogen-bond donors (Lipinski definition) is 2. The fourth-order valence-electron chi connectivity index (χ4n) is 10.0. The van der Waals surface area contributed by atoms with Crippen molar-refractivity contribution in [1.82, 2.24) is 20.0 Å². The molecule has 0 fully saturated rings. The molecule has 0 aromatic carbocycles. The summed E-state index contributed by atoms with van der Waals surface area (Å²) in [6.45, 7) is 18.1. The molecule has 0 aliphatic heterocycles. The molecule has 0 aliphatic carbocycles. The third-order valence-corrected chi connectivity index (χ3v) is 16.9. The lowest BCUT2D eigenvalue weighted by molar-refractivity contribution is -0.151. The molecule has 13 nitrogen and oxygen atoms in total. The highest BCUT2D eigenvalue weighted by Crippen LogP contribution is 2.20. The van der Waals surface area contributed by atoms with Crippen molar-refractivity contribution in [3.05, 3.63) is 24.5 Å². The van der Waals surface area contributed by atoms with Crippen LogP contribution in [0.2, 0.25) is 0 Å². The summed E-state index contributed by atoms with van der Waals surface area (Å²) in [6.07, 6.45) is 55.9. The fraction of sp³-hybridized carbons (Fsp3) is 0.880. The lowest BCUT2D eigenvalue weighted by atomic mass is 10.0. The number of hydrogen-bond acceptors (Lipinski definition) is 14. The maximum atomic E-state index is 13.1. The van der Waals surface area contributed by atoms with Gasteiger partial charge >= 0.3 is 23.9 Å². The molecule has 540 valence electrons. The molecule has 0 saturated carbocycles. The van der Waals surface area contributed by atoms with Crippen LogP contribution in [0.4, 0.5) is 4.79 Å². The highest BCUT2D eigenvalue weighted by Gasteiger charge is 2.20. The third kappa shape index (κ3) is 78.3. The Morgan fingerprint density at radius 1 is 0.418 bits per heavy atom. The first-order valence-electron chi connectivity index (χ1n) is 37.3. The summed E-state index contributed by atoms with van der Waals surface area (Å²) in [6, 6.07) is 0. The Kier molecular flexibility index (Phi) is 81.9.